The van der Waals surface area contributed by atoms with Gasteiger partial charge in [0.1, 0.15) is 5.82 Å². The third kappa shape index (κ3) is 4.56. The van der Waals surface area contributed by atoms with Crippen molar-refractivity contribution >= 4 is 11.8 Å². The second kappa shape index (κ2) is 7.38. The first-order valence-electron chi connectivity index (χ1n) is 6.99. The topological polar surface area (TPSA) is 53.9 Å². The Balaban J connectivity index is 2.02. The summed E-state index contributed by atoms with van der Waals surface area (Å²) in [6, 6.07) is 5.99. The molecule has 2 aromatic heterocycles. The summed E-state index contributed by atoms with van der Waals surface area (Å²) in [7, 11) is 2.01. The molecule has 0 saturated carbocycles. The minimum Gasteiger partial charge on any atom is -0.366 e. The molecular formula is C16H21N5. The first-order chi connectivity index (χ1) is 10.2. The third-order valence-corrected chi connectivity index (χ3v) is 3.10. The molecule has 0 saturated heterocycles. The molecule has 5 nitrogen and oxygen atoms in total. The molecule has 0 aliphatic carbocycles. The Kier molecular flexibility index (Phi) is 5.26. The van der Waals surface area contributed by atoms with Crippen molar-refractivity contribution in [3.05, 3.63) is 54.5 Å². The van der Waals surface area contributed by atoms with Gasteiger partial charge in [-0.05, 0) is 31.0 Å². The third-order valence-electron chi connectivity index (χ3n) is 3.10. The van der Waals surface area contributed by atoms with Crippen LogP contribution in [0.15, 0.2) is 43.2 Å². The van der Waals surface area contributed by atoms with E-state index in [-0.39, 0.29) is 0 Å². The van der Waals surface area contributed by atoms with Gasteiger partial charge in [-0.25, -0.2) is 4.98 Å². The van der Waals surface area contributed by atoms with E-state index in [0.29, 0.717) is 6.54 Å². The van der Waals surface area contributed by atoms with Gasteiger partial charge in [-0.1, -0.05) is 6.08 Å². The molecule has 1 N–H and O–H groups in total. The van der Waals surface area contributed by atoms with Crippen molar-refractivity contribution in [2.45, 2.75) is 13.3 Å². The van der Waals surface area contributed by atoms with E-state index in [2.05, 4.69) is 31.7 Å². The maximum atomic E-state index is 4.53. The van der Waals surface area contributed by atoms with Gasteiger partial charge in [0.2, 0.25) is 5.95 Å². The van der Waals surface area contributed by atoms with Crippen molar-refractivity contribution in [2.24, 2.45) is 0 Å². The van der Waals surface area contributed by atoms with E-state index in [1.54, 1.807) is 0 Å². The molecular weight excluding hydrogens is 262 g/mol. The summed E-state index contributed by atoms with van der Waals surface area (Å²) in [5.41, 5.74) is 2.21. The molecule has 0 aromatic carbocycles. The lowest BCUT2D eigenvalue weighted by Gasteiger charge is -2.18. The number of rotatable bonds is 7. The predicted octanol–water partition coefficient (Wildman–Crippen LogP) is 2.46. The van der Waals surface area contributed by atoms with Crippen LogP contribution in [0.1, 0.15) is 11.3 Å². The molecule has 0 radical (unpaired) electrons. The van der Waals surface area contributed by atoms with Crippen LogP contribution in [0, 0.1) is 6.92 Å². The van der Waals surface area contributed by atoms with E-state index in [1.165, 1.54) is 5.56 Å². The van der Waals surface area contributed by atoms with E-state index in [1.807, 2.05) is 50.6 Å². The Morgan fingerprint density at radius 1 is 1.29 bits per heavy atom. The number of hydrogen-bond donors (Lipinski definition) is 1. The fourth-order valence-electron chi connectivity index (χ4n) is 1.94. The normalized spacial score (nSPS) is 10.2. The molecule has 0 bridgehead atoms. The summed E-state index contributed by atoms with van der Waals surface area (Å²) in [5.74, 6) is 1.56. The molecule has 0 aliphatic heterocycles. The highest BCUT2D eigenvalue weighted by molar-refractivity contribution is 5.43. The summed E-state index contributed by atoms with van der Waals surface area (Å²) in [5, 5.41) is 3.20. The van der Waals surface area contributed by atoms with E-state index in [0.717, 1.165) is 30.4 Å². The Hall–Kier alpha value is -2.43. The zero-order chi connectivity index (χ0) is 15.1. The van der Waals surface area contributed by atoms with Crippen LogP contribution in [0.25, 0.3) is 0 Å². The van der Waals surface area contributed by atoms with Crippen LogP contribution in [0.2, 0.25) is 0 Å². The highest BCUT2D eigenvalue weighted by atomic mass is 15.2. The van der Waals surface area contributed by atoms with Crippen LogP contribution in [-0.4, -0.2) is 35.1 Å². The molecule has 0 amide bonds. The SMILES string of the molecule is C=CCNc1cc(C)nc(N(C)CCc2ccncc2)n1. The molecule has 2 rings (SSSR count). The predicted molar refractivity (Wildman–Crippen MR) is 86.7 cm³/mol. The van der Waals surface area contributed by atoms with Gasteiger partial charge >= 0.3 is 0 Å². The number of nitrogens with zero attached hydrogens (tertiary/aromatic N) is 4. The highest BCUT2D eigenvalue weighted by Gasteiger charge is 2.07. The average Bonchev–Trinajstić information content (AvgIpc) is 2.51. The van der Waals surface area contributed by atoms with E-state index in [4.69, 9.17) is 0 Å². The Morgan fingerprint density at radius 3 is 2.76 bits per heavy atom. The van der Waals surface area contributed by atoms with E-state index in [9.17, 15) is 0 Å². The van der Waals surface area contributed by atoms with Gasteiger partial charge in [-0.15, -0.1) is 6.58 Å². The van der Waals surface area contributed by atoms with E-state index >= 15 is 0 Å². The Labute approximate surface area is 125 Å². The van der Waals surface area contributed by atoms with Gasteiger partial charge in [0, 0.05) is 44.3 Å². The monoisotopic (exact) mass is 283 g/mol. The van der Waals surface area contributed by atoms with Gasteiger partial charge in [0.05, 0.1) is 0 Å². The van der Waals surface area contributed by atoms with Crippen LogP contribution in [-0.2, 0) is 6.42 Å². The van der Waals surface area contributed by atoms with Gasteiger partial charge in [0.25, 0.3) is 0 Å². The van der Waals surface area contributed by atoms with Crippen LogP contribution < -0.4 is 10.2 Å². The summed E-state index contributed by atoms with van der Waals surface area (Å²) >= 11 is 0. The number of hydrogen-bond acceptors (Lipinski definition) is 5. The molecule has 0 spiro atoms. The number of likely N-dealkylation sites (N-methyl/N-ethyl adjacent to an activating group) is 1. The quantitative estimate of drug-likeness (QED) is 0.791. The molecule has 0 aliphatic rings. The zero-order valence-electron chi connectivity index (χ0n) is 12.6. The number of pyridine rings is 1. The standard InChI is InChI=1S/C16H21N5/c1-4-8-18-15-12-13(2)19-16(20-15)21(3)11-7-14-5-9-17-10-6-14/h4-6,9-10,12H,1,7-8,11H2,2-3H3,(H,18,19,20). The fourth-order valence-corrected chi connectivity index (χ4v) is 1.94. The fraction of sp³-hybridized carbons (Fsp3) is 0.312. The zero-order valence-corrected chi connectivity index (χ0v) is 12.6. The summed E-state index contributed by atoms with van der Waals surface area (Å²) in [4.78, 5) is 15.1. The lowest BCUT2D eigenvalue weighted by molar-refractivity contribution is 0.832. The summed E-state index contributed by atoms with van der Waals surface area (Å²) < 4.78 is 0. The number of anilines is 2. The van der Waals surface area contributed by atoms with Crippen molar-refractivity contribution in [3.63, 3.8) is 0 Å². The van der Waals surface area contributed by atoms with Crippen molar-refractivity contribution < 1.29 is 0 Å². The van der Waals surface area contributed by atoms with Crippen molar-refractivity contribution in [3.8, 4) is 0 Å². The smallest absolute Gasteiger partial charge is 0.227 e. The largest absolute Gasteiger partial charge is 0.366 e. The molecule has 110 valence electrons. The first kappa shape index (κ1) is 15.0. The first-order valence-corrected chi connectivity index (χ1v) is 6.99. The maximum absolute atomic E-state index is 4.53. The van der Waals surface area contributed by atoms with Crippen molar-refractivity contribution in [1.29, 1.82) is 0 Å². The van der Waals surface area contributed by atoms with Crippen LogP contribution in [0.3, 0.4) is 0 Å². The Bertz CT molecular complexity index is 582. The number of aromatic nitrogens is 3. The Morgan fingerprint density at radius 2 is 2.05 bits per heavy atom. The minimum absolute atomic E-state index is 0.691. The second-order valence-corrected chi connectivity index (χ2v) is 4.89. The molecule has 0 atom stereocenters. The molecule has 5 heteroatoms. The maximum Gasteiger partial charge on any atom is 0.227 e. The molecule has 0 fully saturated rings. The van der Waals surface area contributed by atoms with Crippen LogP contribution >= 0.6 is 0 Å². The summed E-state index contributed by atoms with van der Waals surface area (Å²) in [6.07, 6.45) is 6.38. The molecule has 21 heavy (non-hydrogen) atoms. The highest BCUT2D eigenvalue weighted by Crippen LogP contribution is 2.13. The summed E-state index contributed by atoms with van der Waals surface area (Å²) in [6.45, 7) is 7.22. The minimum atomic E-state index is 0.691. The van der Waals surface area contributed by atoms with Gasteiger partial charge in [-0.2, -0.15) is 4.98 Å². The van der Waals surface area contributed by atoms with Gasteiger partial charge in [0.15, 0.2) is 0 Å². The molecule has 2 aromatic rings. The lowest BCUT2D eigenvalue weighted by Crippen LogP contribution is -2.23. The molecule has 0 unspecified atom stereocenters. The number of aryl methyl sites for hydroxylation is 1. The van der Waals surface area contributed by atoms with Gasteiger partial charge < -0.3 is 10.2 Å². The van der Waals surface area contributed by atoms with Crippen molar-refractivity contribution in [1.82, 2.24) is 15.0 Å². The number of nitrogens with one attached hydrogen (secondary N) is 1. The average molecular weight is 283 g/mol. The van der Waals surface area contributed by atoms with Crippen molar-refractivity contribution in [2.75, 3.05) is 30.4 Å². The second-order valence-electron chi connectivity index (χ2n) is 4.89. The van der Waals surface area contributed by atoms with Crippen LogP contribution in [0.4, 0.5) is 11.8 Å². The molecule has 2 heterocycles. The van der Waals surface area contributed by atoms with E-state index < -0.39 is 0 Å². The lowest BCUT2D eigenvalue weighted by atomic mass is 10.2. The van der Waals surface area contributed by atoms with Gasteiger partial charge in [-0.3, -0.25) is 4.98 Å². The van der Waals surface area contributed by atoms with Crippen LogP contribution in [0.5, 0.6) is 0 Å².